The second kappa shape index (κ2) is 8.35. The highest BCUT2D eigenvalue weighted by Crippen LogP contribution is 2.34. The molecule has 7 heteroatoms. The van der Waals surface area contributed by atoms with E-state index in [1.54, 1.807) is 11.1 Å². The first kappa shape index (κ1) is 19.5. The number of nitrogens with zero attached hydrogens (tertiary/aromatic N) is 3. The molecular formula is C24H21N3O3S. The number of carbonyl (C=O) groups is 1. The molecule has 2 aromatic carbocycles. The Morgan fingerprint density at radius 2 is 1.94 bits per heavy atom. The van der Waals surface area contributed by atoms with Gasteiger partial charge in [-0.2, -0.15) is 0 Å². The van der Waals surface area contributed by atoms with Crippen LogP contribution in [-0.4, -0.2) is 22.7 Å². The van der Waals surface area contributed by atoms with Crippen LogP contribution in [0.4, 0.5) is 5.13 Å². The van der Waals surface area contributed by atoms with E-state index in [2.05, 4.69) is 24.0 Å². The van der Waals surface area contributed by atoms with Gasteiger partial charge < -0.3 is 9.47 Å². The predicted molar refractivity (Wildman–Crippen MR) is 121 cm³/mol. The standard InChI is InChI=1S/C24H21N3O3S/c1-2-16-6-8-19-22(12-16)31-24(26-19)27(14-18-5-3-4-10-25-18)23(28)13-17-7-9-20-21(11-17)30-15-29-20/h3-12H,2,13-15H2,1H3. The molecule has 4 aromatic rings. The van der Waals surface area contributed by atoms with E-state index in [9.17, 15) is 4.79 Å². The van der Waals surface area contributed by atoms with E-state index in [1.807, 2.05) is 42.5 Å². The number of benzene rings is 2. The third kappa shape index (κ3) is 4.09. The highest BCUT2D eigenvalue weighted by Gasteiger charge is 2.22. The lowest BCUT2D eigenvalue weighted by Crippen LogP contribution is -2.32. The number of carbonyl (C=O) groups excluding carboxylic acids is 1. The Hall–Kier alpha value is -3.45. The molecule has 0 spiro atoms. The van der Waals surface area contributed by atoms with Crippen molar-refractivity contribution < 1.29 is 14.3 Å². The molecule has 0 unspecified atom stereocenters. The molecule has 0 bridgehead atoms. The highest BCUT2D eigenvalue weighted by molar-refractivity contribution is 7.22. The average molecular weight is 432 g/mol. The number of ether oxygens (including phenoxy) is 2. The van der Waals surface area contributed by atoms with Crippen molar-refractivity contribution in [1.29, 1.82) is 0 Å². The maximum Gasteiger partial charge on any atom is 0.233 e. The molecule has 0 radical (unpaired) electrons. The Kier molecular flexibility index (Phi) is 5.26. The van der Waals surface area contributed by atoms with Crippen molar-refractivity contribution in [2.75, 3.05) is 11.7 Å². The van der Waals surface area contributed by atoms with Gasteiger partial charge in [-0.3, -0.25) is 14.7 Å². The van der Waals surface area contributed by atoms with Gasteiger partial charge in [0.2, 0.25) is 12.7 Å². The predicted octanol–water partition coefficient (Wildman–Crippen LogP) is 4.76. The number of hydrogen-bond donors (Lipinski definition) is 0. The molecule has 156 valence electrons. The molecule has 3 heterocycles. The van der Waals surface area contributed by atoms with Gasteiger partial charge in [-0.25, -0.2) is 4.98 Å². The highest BCUT2D eigenvalue weighted by atomic mass is 32.1. The van der Waals surface area contributed by atoms with Gasteiger partial charge in [-0.1, -0.05) is 36.5 Å². The molecule has 0 aliphatic carbocycles. The number of aryl methyl sites for hydroxylation is 1. The fourth-order valence-corrected chi connectivity index (χ4v) is 4.58. The fourth-order valence-electron chi connectivity index (χ4n) is 3.53. The molecule has 0 saturated carbocycles. The number of hydrogen-bond acceptors (Lipinski definition) is 6. The van der Waals surface area contributed by atoms with E-state index in [-0.39, 0.29) is 19.1 Å². The smallest absolute Gasteiger partial charge is 0.233 e. The molecule has 6 nitrogen and oxygen atoms in total. The van der Waals surface area contributed by atoms with E-state index in [0.29, 0.717) is 23.2 Å². The maximum absolute atomic E-state index is 13.4. The summed E-state index contributed by atoms with van der Waals surface area (Å²) in [7, 11) is 0. The van der Waals surface area contributed by atoms with Crippen molar-refractivity contribution in [3.8, 4) is 11.5 Å². The molecule has 2 aromatic heterocycles. The minimum atomic E-state index is -0.0423. The maximum atomic E-state index is 13.4. The van der Waals surface area contributed by atoms with Crippen molar-refractivity contribution in [2.24, 2.45) is 0 Å². The number of anilines is 1. The lowest BCUT2D eigenvalue weighted by Gasteiger charge is -2.19. The number of aromatic nitrogens is 2. The zero-order valence-electron chi connectivity index (χ0n) is 17.1. The molecule has 0 N–H and O–H groups in total. The number of rotatable bonds is 6. The summed E-state index contributed by atoms with van der Waals surface area (Å²) in [5.41, 5.74) is 3.84. The summed E-state index contributed by atoms with van der Waals surface area (Å²) < 4.78 is 11.9. The minimum absolute atomic E-state index is 0.0423. The van der Waals surface area contributed by atoms with Crippen molar-refractivity contribution in [3.63, 3.8) is 0 Å². The van der Waals surface area contributed by atoms with Crippen molar-refractivity contribution in [1.82, 2.24) is 9.97 Å². The van der Waals surface area contributed by atoms with Crippen LogP contribution in [0.1, 0.15) is 23.7 Å². The molecule has 0 saturated heterocycles. The van der Waals surface area contributed by atoms with E-state index in [4.69, 9.17) is 14.5 Å². The van der Waals surface area contributed by atoms with Gasteiger partial charge in [0.05, 0.1) is 28.9 Å². The average Bonchev–Trinajstić information content (AvgIpc) is 3.43. The first-order valence-corrected chi connectivity index (χ1v) is 11.0. The minimum Gasteiger partial charge on any atom is -0.454 e. The molecule has 0 atom stereocenters. The topological polar surface area (TPSA) is 64.6 Å². The fraction of sp³-hybridized carbons (Fsp3) is 0.208. The molecular weight excluding hydrogens is 410 g/mol. The Balaban J connectivity index is 1.47. The molecule has 1 amide bonds. The summed E-state index contributed by atoms with van der Waals surface area (Å²) in [5.74, 6) is 1.34. The summed E-state index contributed by atoms with van der Waals surface area (Å²) in [6.07, 6.45) is 2.94. The van der Waals surface area contributed by atoms with Crippen molar-refractivity contribution in [2.45, 2.75) is 26.3 Å². The van der Waals surface area contributed by atoms with Crippen LogP contribution in [0.2, 0.25) is 0 Å². The van der Waals surface area contributed by atoms with Gasteiger partial charge in [0.15, 0.2) is 16.6 Å². The number of pyridine rings is 1. The quantitative estimate of drug-likeness (QED) is 0.440. The second-order valence-corrected chi connectivity index (χ2v) is 8.33. The lowest BCUT2D eigenvalue weighted by molar-refractivity contribution is -0.118. The molecule has 1 aliphatic heterocycles. The molecule has 0 fully saturated rings. The Bertz CT molecular complexity index is 1240. The van der Waals surface area contributed by atoms with Crippen LogP contribution >= 0.6 is 11.3 Å². The van der Waals surface area contributed by atoms with Crippen LogP contribution in [0.25, 0.3) is 10.2 Å². The van der Waals surface area contributed by atoms with Gasteiger partial charge in [0.1, 0.15) is 0 Å². The number of thiazole rings is 1. The zero-order chi connectivity index (χ0) is 21.2. The summed E-state index contributed by atoms with van der Waals surface area (Å²) in [4.78, 5) is 24.3. The first-order chi connectivity index (χ1) is 15.2. The Morgan fingerprint density at radius 3 is 2.77 bits per heavy atom. The van der Waals surface area contributed by atoms with Crippen molar-refractivity contribution in [3.05, 3.63) is 77.6 Å². The van der Waals surface area contributed by atoms with Gasteiger partial charge in [-0.05, 0) is 53.9 Å². The van der Waals surface area contributed by atoms with Crippen LogP contribution in [0.5, 0.6) is 11.5 Å². The van der Waals surface area contributed by atoms with E-state index in [0.717, 1.165) is 27.9 Å². The molecule has 1 aliphatic rings. The van der Waals surface area contributed by atoms with Crippen molar-refractivity contribution >= 4 is 32.6 Å². The largest absolute Gasteiger partial charge is 0.454 e. The van der Waals surface area contributed by atoms with E-state index in [1.165, 1.54) is 16.9 Å². The Morgan fingerprint density at radius 1 is 1.06 bits per heavy atom. The third-order valence-corrected chi connectivity index (χ3v) is 6.26. The zero-order valence-corrected chi connectivity index (χ0v) is 17.9. The summed E-state index contributed by atoms with van der Waals surface area (Å²) in [6.45, 7) is 2.71. The van der Waals surface area contributed by atoms with Gasteiger partial charge in [0.25, 0.3) is 0 Å². The monoisotopic (exact) mass is 431 g/mol. The van der Waals surface area contributed by atoms with Gasteiger partial charge in [-0.15, -0.1) is 0 Å². The van der Waals surface area contributed by atoms with Crippen LogP contribution in [-0.2, 0) is 24.2 Å². The normalized spacial score (nSPS) is 12.3. The van der Waals surface area contributed by atoms with Crippen LogP contribution in [0, 0.1) is 0 Å². The van der Waals surface area contributed by atoms with E-state index >= 15 is 0 Å². The Labute approximate surface area is 184 Å². The van der Waals surface area contributed by atoms with Gasteiger partial charge in [0, 0.05) is 6.20 Å². The number of fused-ring (bicyclic) bond motifs is 2. The summed E-state index contributed by atoms with van der Waals surface area (Å²) in [6, 6.07) is 17.6. The molecule has 5 rings (SSSR count). The van der Waals surface area contributed by atoms with Crippen LogP contribution < -0.4 is 14.4 Å². The molecule has 31 heavy (non-hydrogen) atoms. The van der Waals surface area contributed by atoms with E-state index < -0.39 is 0 Å². The third-order valence-electron chi connectivity index (χ3n) is 5.22. The number of amides is 1. The summed E-state index contributed by atoms with van der Waals surface area (Å²) >= 11 is 1.53. The lowest BCUT2D eigenvalue weighted by atomic mass is 10.1. The second-order valence-electron chi connectivity index (χ2n) is 7.32. The van der Waals surface area contributed by atoms with Crippen LogP contribution in [0.3, 0.4) is 0 Å². The van der Waals surface area contributed by atoms with Crippen LogP contribution in [0.15, 0.2) is 60.8 Å². The first-order valence-electron chi connectivity index (χ1n) is 10.2. The van der Waals surface area contributed by atoms with Gasteiger partial charge >= 0.3 is 0 Å². The SMILES string of the molecule is CCc1ccc2nc(N(Cc3ccccn3)C(=O)Cc3ccc4c(c3)OCO4)sc2c1. The summed E-state index contributed by atoms with van der Waals surface area (Å²) in [5, 5.41) is 0.680.